The highest BCUT2D eigenvalue weighted by molar-refractivity contribution is 7.09. The summed E-state index contributed by atoms with van der Waals surface area (Å²) in [7, 11) is 2.02. The molecule has 0 aliphatic rings. The highest BCUT2D eigenvalue weighted by Gasteiger charge is 2.10. The highest BCUT2D eigenvalue weighted by Crippen LogP contribution is 2.20. The van der Waals surface area contributed by atoms with E-state index < -0.39 is 0 Å². The molecule has 4 nitrogen and oxygen atoms in total. The zero-order valence-corrected chi connectivity index (χ0v) is 14.4. The molecule has 0 bridgehead atoms. The third-order valence-corrected chi connectivity index (χ3v) is 4.20. The molecule has 0 saturated carbocycles. The van der Waals surface area contributed by atoms with Crippen molar-refractivity contribution >= 4 is 28.8 Å². The number of hydrogen-bond acceptors (Lipinski definition) is 5. The van der Waals surface area contributed by atoms with Crippen molar-refractivity contribution in [1.82, 2.24) is 15.3 Å². The second-order valence-electron chi connectivity index (χ2n) is 5.35. The standard InChI is InChI=1S/C15H21ClN4S/c1-10(2)17-7-14-13(16)5-6-15(19-14)20(4)8-12-9-21-11(3)18-12/h5-6,9-10,17H,7-8H2,1-4H3. The van der Waals surface area contributed by atoms with E-state index in [-0.39, 0.29) is 0 Å². The summed E-state index contributed by atoms with van der Waals surface area (Å²) in [4.78, 5) is 11.2. The molecule has 2 heterocycles. The molecule has 0 aromatic carbocycles. The van der Waals surface area contributed by atoms with Crippen molar-refractivity contribution in [1.29, 1.82) is 0 Å². The van der Waals surface area contributed by atoms with Crippen LogP contribution in [0.2, 0.25) is 5.02 Å². The molecule has 114 valence electrons. The van der Waals surface area contributed by atoms with Gasteiger partial charge in [-0.2, -0.15) is 0 Å². The lowest BCUT2D eigenvalue weighted by Gasteiger charge is -2.18. The molecule has 2 aromatic heterocycles. The Morgan fingerprint density at radius 1 is 1.33 bits per heavy atom. The molecule has 0 fully saturated rings. The van der Waals surface area contributed by atoms with Crippen LogP contribution in [0, 0.1) is 6.92 Å². The van der Waals surface area contributed by atoms with Gasteiger partial charge in [-0.25, -0.2) is 9.97 Å². The Labute approximate surface area is 135 Å². The van der Waals surface area contributed by atoms with Gasteiger partial charge in [-0.3, -0.25) is 0 Å². The van der Waals surface area contributed by atoms with Gasteiger partial charge in [-0.1, -0.05) is 25.4 Å². The predicted octanol–water partition coefficient (Wildman–Crippen LogP) is 3.63. The van der Waals surface area contributed by atoms with Crippen LogP contribution in [0.25, 0.3) is 0 Å². The molecule has 0 saturated heterocycles. The van der Waals surface area contributed by atoms with E-state index in [0.29, 0.717) is 17.6 Å². The molecule has 21 heavy (non-hydrogen) atoms. The van der Waals surface area contributed by atoms with E-state index in [9.17, 15) is 0 Å². The van der Waals surface area contributed by atoms with Crippen LogP contribution in [0.15, 0.2) is 17.5 Å². The normalized spacial score (nSPS) is 11.1. The van der Waals surface area contributed by atoms with Crippen molar-refractivity contribution in [3.05, 3.63) is 38.9 Å². The Kier molecular flexibility index (Phi) is 5.56. The monoisotopic (exact) mass is 324 g/mol. The first-order chi connectivity index (χ1) is 9.95. The number of aromatic nitrogens is 2. The number of aryl methyl sites for hydroxylation is 1. The van der Waals surface area contributed by atoms with Gasteiger partial charge in [0.1, 0.15) is 5.82 Å². The van der Waals surface area contributed by atoms with Crippen LogP contribution in [0.3, 0.4) is 0 Å². The van der Waals surface area contributed by atoms with Gasteiger partial charge < -0.3 is 10.2 Å². The fourth-order valence-corrected chi connectivity index (χ4v) is 2.69. The predicted molar refractivity (Wildman–Crippen MR) is 90.2 cm³/mol. The van der Waals surface area contributed by atoms with Crippen molar-refractivity contribution in [2.24, 2.45) is 0 Å². The van der Waals surface area contributed by atoms with Crippen LogP contribution in [0.4, 0.5) is 5.82 Å². The summed E-state index contributed by atoms with van der Waals surface area (Å²) in [6.45, 7) is 7.65. The van der Waals surface area contributed by atoms with Gasteiger partial charge in [0.25, 0.3) is 0 Å². The summed E-state index contributed by atoms with van der Waals surface area (Å²) in [5.74, 6) is 0.908. The van der Waals surface area contributed by atoms with Crippen molar-refractivity contribution in [3.8, 4) is 0 Å². The van der Waals surface area contributed by atoms with Crippen molar-refractivity contribution in [3.63, 3.8) is 0 Å². The SMILES string of the molecule is Cc1nc(CN(C)c2ccc(Cl)c(CNC(C)C)n2)cs1. The van der Waals surface area contributed by atoms with E-state index in [2.05, 4.69) is 39.4 Å². The Balaban J connectivity index is 2.09. The van der Waals surface area contributed by atoms with E-state index in [0.717, 1.165) is 28.8 Å². The van der Waals surface area contributed by atoms with E-state index in [1.807, 2.05) is 26.1 Å². The first kappa shape index (κ1) is 16.2. The van der Waals surface area contributed by atoms with Crippen LogP contribution in [0.5, 0.6) is 0 Å². The minimum absolute atomic E-state index is 0.405. The van der Waals surface area contributed by atoms with E-state index in [1.54, 1.807) is 11.3 Å². The zero-order chi connectivity index (χ0) is 15.4. The van der Waals surface area contributed by atoms with Crippen LogP contribution >= 0.6 is 22.9 Å². The minimum atomic E-state index is 0.405. The third kappa shape index (κ3) is 4.66. The number of rotatable bonds is 6. The quantitative estimate of drug-likeness (QED) is 0.881. The smallest absolute Gasteiger partial charge is 0.129 e. The molecule has 0 aliphatic heterocycles. The molecule has 2 rings (SSSR count). The fraction of sp³-hybridized carbons (Fsp3) is 0.467. The number of anilines is 1. The molecule has 0 amide bonds. The lowest BCUT2D eigenvalue weighted by atomic mass is 10.3. The second kappa shape index (κ2) is 7.20. The Bertz CT molecular complexity index is 597. The second-order valence-corrected chi connectivity index (χ2v) is 6.82. The molecule has 0 aliphatic carbocycles. The maximum atomic E-state index is 6.22. The molecular weight excluding hydrogens is 304 g/mol. The van der Waals surface area contributed by atoms with Gasteiger partial charge >= 0.3 is 0 Å². The lowest BCUT2D eigenvalue weighted by Crippen LogP contribution is -2.24. The van der Waals surface area contributed by atoms with Gasteiger partial charge in [-0.05, 0) is 19.1 Å². The molecule has 0 atom stereocenters. The van der Waals surface area contributed by atoms with E-state index in [1.165, 1.54) is 0 Å². The molecule has 0 radical (unpaired) electrons. The summed E-state index contributed by atoms with van der Waals surface area (Å²) in [5, 5.41) is 7.22. The first-order valence-corrected chi connectivity index (χ1v) is 8.22. The van der Waals surface area contributed by atoms with Crippen LogP contribution < -0.4 is 10.2 Å². The van der Waals surface area contributed by atoms with Crippen molar-refractivity contribution < 1.29 is 0 Å². The third-order valence-electron chi connectivity index (χ3n) is 3.04. The van der Waals surface area contributed by atoms with Crippen LogP contribution in [0.1, 0.15) is 30.2 Å². The summed E-state index contributed by atoms with van der Waals surface area (Å²) in [6.07, 6.45) is 0. The number of halogens is 1. The molecule has 6 heteroatoms. The van der Waals surface area contributed by atoms with Crippen molar-refractivity contribution in [2.75, 3.05) is 11.9 Å². The Hall–Kier alpha value is -1.17. The maximum absolute atomic E-state index is 6.22. The lowest BCUT2D eigenvalue weighted by molar-refractivity contribution is 0.581. The number of hydrogen-bond donors (Lipinski definition) is 1. The molecule has 1 N–H and O–H groups in total. The topological polar surface area (TPSA) is 41.1 Å². The van der Waals surface area contributed by atoms with Crippen molar-refractivity contribution in [2.45, 2.75) is 39.9 Å². The number of pyridine rings is 1. The highest BCUT2D eigenvalue weighted by atomic mass is 35.5. The molecule has 0 spiro atoms. The van der Waals surface area contributed by atoms with Crippen LogP contribution in [-0.4, -0.2) is 23.1 Å². The Morgan fingerprint density at radius 2 is 2.10 bits per heavy atom. The van der Waals surface area contributed by atoms with E-state index >= 15 is 0 Å². The summed E-state index contributed by atoms with van der Waals surface area (Å²) in [5.41, 5.74) is 1.95. The van der Waals surface area contributed by atoms with Gasteiger partial charge in [-0.15, -0.1) is 11.3 Å². The van der Waals surface area contributed by atoms with Gasteiger partial charge in [0.05, 0.1) is 28.0 Å². The number of nitrogens with zero attached hydrogens (tertiary/aromatic N) is 3. The van der Waals surface area contributed by atoms with Gasteiger partial charge in [0.2, 0.25) is 0 Å². The van der Waals surface area contributed by atoms with Gasteiger partial charge in [0, 0.05) is 25.0 Å². The van der Waals surface area contributed by atoms with Crippen LogP contribution in [-0.2, 0) is 13.1 Å². The maximum Gasteiger partial charge on any atom is 0.129 e. The average Bonchev–Trinajstić information content (AvgIpc) is 2.83. The van der Waals surface area contributed by atoms with E-state index in [4.69, 9.17) is 11.6 Å². The molecule has 0 unspecified atom stereocenters. The fourth-order valence-electron chi connectivity index (χ4n) is 1.92. The average molecular weight is 325 g/mol. The zero-order valence-electron chi connectivity index (χ0n) is 12.9. The Morgan fingerprint density at radius 3 is 2.71 bits per heavy atom. The van der Waals surface area contributed by atoms with Gasteiger partial charge in [0.15, 0.2) is 0 Å². The minimum Gasteiger partial charge on any atom is -0.354 e. The number of nitrogens with one attached hydrogen (secondary N) is 1. The summed E-state index contributed by atoms with van der Waals surface area (Å²) in [6, 6.07) is 4.26. The largest absolute Gasteiger partial charge is 0.354 e. The summed E-state index contributed by atoms with van der Waals surface area (Å²) < 4.78 is 0. The summed E-state index contributed by atoms with van der Waals surface area (Å²) >= 11 is 7.89. The first-order valence-electron chi connectivity index (χ1n) is 6.96. The molecule has 2 aromatic rings. The molecular formula is C15H21ClN4S. The number of thiazole rings is 1.